The van der Waals surface area contributed by atoms with Gasteiger partial charge in [-0.15, -0.1) is 0 Å². The summed E-state index contributed by atoms with van der Waals surface area (Å²) in [5, 5.41) is 0. The van der Waals surface area contributed by atoms with Crippen molar-refractivity contribution in [1.82, 2.24) is 0 Å². The minimum Gasteiger partial charge on any atom is -0.290 e. The number of hydrogen-bond donors (Lipinski definition) is 0. The van der Waals surface area contributed by atoms with E-state index in [4.69, 9.17) is 0 Å². The zero-order chi connectivity index (χ0) is 9.68. The van der Waals surface area contributed by atoms with E-state index in [-0.39, 0.29) is 5.78 Å². The lowest BCUT2D eigenvalue weighted by molar-refractivity contribution is -0.110. The predicted octanol–water partition coefficient (Wildman–Crippen LogP) is 2.85. The third-order valence-corrected chi connectivity index (χ3v) is 1.79. The lowest BCUT2D eigenvalue weighted by Gasteiger charge is -1.98. The molecule has 1 aromatic rings. The molecular formula is C12H12O. The summed E-state index contributed by atoms with van der Waals surface area (Å²) in [5.74, 6) is -0.0543. The maximum absolute atomic E-state index is 11.0. The van der Waals surface area contributed by atoms with Crippen molar-refractivity contribution >= 4 is 11.4 Å². The number of rotatable bonds is 3. The molecule has 0 atom stereocenters. The molecule has 0 heterocycles. The van der Waals surface area contributed by atoms with Gasteiger partial charge in [-0.1, -0.05) is 36.9 Å². The lowest BCUT2D eigenvalue weighted by atomic mass is 10.1. The molecule has 0 aromatic heterocycles. The fourth-order valence-electron chi connectivity index (χ4n) is 1.06. The number of hydrogen-bond acceptors (Lipinski definition) is 1. The molecular weight excluding hydrogens is 160 g/mol. The largest absolute Gasteiger partial charge is 0.290 e. The van der Waals surface area contributed by atoms with Crippen molar-refractivity contribution in [3.05, 3.63) is 54.6 Å². The minimum atomic E-state index is -0.0543. The SMILES string of the molecule is C=CC(=O)/C=C(/C)c1ccccc1. The number of carbonyl (C=O) groups is 1. The summed E-state index contributed by atoms with van der Waals surface area (Å²) in [6, 6.07) is 9.80. The van der Waals surface area contributed by atoms with Crippen molar-refractivity contribution in [3.8, 4) is 0 Å². The Hall–Kier alpha value is -1.63. The van der Waals surface area contributed by atoms with Crippen LogP contribution in [0.25, 0.3) is 5.57 Å². The summed E-state index contributed by atoms with van der Waals surface area (Å²) in [7, 11) is 0. The number of benzene rings is 1. The van der Waals surface area contributed by atoms with Gasteiger partial charge in [0.05, 0.1) is 0 Å². The average molecular weight is 172 g/mol. The van der Waals surface area contributed by atoms with Crippen LogP contribution in [0.15, 0.2) is 49.1 Å². The Bertz CT molecular complexity index is 333. The first-order chi connectivity index (χ1) is 6.24. The molecule has 0 saturated carbocycles. The van der Waals surface area contributed by atoms with Crippen molar-refractivity contribution in [2.75, 3.05) is 0 Å². The molecule has 1 heteroatoms. The molecule has 66 valence electrons. The third-order valence-electron chi connectivity index (χ3n) is 1.79. The molecule has 0 unspecified atom stereocenters. The molecule has 0 aliphatic carbocycles. The average Bonchev–Trinajstić information content (AvgIpc) is 2.19. The topological polar surface area (TPSA) is 17.1 Å². The van der Waals surface area contributed by atoms with Crippen LogP contribution in [0.1, 0.15) is 12.5 Å². The Labute approximate surface area is 78.4 Å². The molecule has 0 fully saturated rings. The van der Waals surface area contributed by atoms with Gasteiger partial charge in [-0.3, -0.25) is 4.79 Å². The Morgan fingerprint density at radius 1 is 1.31 bits per heavy atom. The molecule has 13 heavy (non-hydrogen) atoms. The normalized spacial score (nSPS) is 11.0. The highest BCUT2D eigenvalue weighted by Gasteiger charge is 1.95. The second-order valence-corrected chi connectivity index (χ2v) is 2.80. The number of allylic oxidation sites excluding steroid dienone is 3. The van der Waals surface area contributed by atoms with Crippen LogP contribution >= 0.6 is 0 Å². The highest BCUT2D eigenvalue weighted by atomic mass is 16.1. The molecule has 0 aliphatic heterocycles. The molecule has 0 spiro atoms. The van der Waals surface area contributed by atoms with Gasteiger partial charge in [0.2, 0.25) is 0 Å². The van der Waals surface area contributed by atoms with E-state index < -0.39 is 0 Å². The predicted molar refractivity (Wildman–Crippen MR) is 55.3 cm³/mol. The van der Waals surface area contributed by atoms with Crippen LogP contribution in [0, 0.1) is 0 Å². The van der Waals surface area contributed by atoms with E-state index in [1.54, 1.807) is 6.08 Å². The van der Waals surface area contributed by atoms with Gasteiger partial charge in [0, 0.05) is 0 Å². The van der Waals surface area contributed by atoms with Crippen LogP contribution in [0.5, 0.6) is 0 Å². The van der Waals surface area contributed by atoms with Gasteiger partial charge >= 0.3 is 0 Å². The summed E-state index contributed by atoms with van der Waals surface area (Å²) >= 11 is 0. The molecule has 0 aliphatic rings. The highest BCUT2D eigenvalue weighted by molar-refractivity contribution is 6.03. The molecule has 0 saturated heterocycles. The molecule has 0 amide bonds. The second kappa shape index (κ2) is 4.41. The first kappa shape index (κ1) is 9.46. The van der Waals surface area contributed by atoms with Gasteiger partial charge in [0.1, 0.15) is 0 Å². The van der Waals surface area contributed by atoms with Crippen LogP contribution in [0.4, 0.5) is 0 Å². The monoisotopic (exact) mass is 172 g/mol. The second-order valence-electron chi connectivity index (χ2n) is 2.80. The standard InChI is InChI=1S/C12H12O/c1-3-12(13)9-10(2)11-7-5-4-6-8-11/h3-9H,1H2,2H3/b10-9-. The van der Waals surface area contributed by atoms with Gasteiger partial charge < -0.3 is 0 Å². The highest BCUT2D eigenvalue weighted by Crippen LogP contribution is 2.12. The summed E-state index contributed by atoms with van der Waals surface area (Å²) in [6.07, 6.45) is 2.90. The first-order valence-electron chi connectivity index (χ1n) is 4.14. The van der Waals surface area contributed by atoms with E-state index in [0.717, 1.165) is 11.1 Å². The molecule has 0 N–H and O–H groups in total. The number of ketones is 1. The summed E-state index contributed by atoms with van der Waals surface area (Å²) in [4.78, 5) is 11.0. The molecule has 0 bridgehead atoms. The third kappa shape index (κ3) is 2.71. The maximum atomic E-state index is 11.0. The maximum Gasteiger partial charge on any atom is 0.178 e. The van der Waals surface area contributed by atoms with Gasteiger partial charge in [-0.05, 0) is 30.2 Å². The quantitative estimate of drug-likeness (QED) is 0.641. The van der Waals surface area contributed by atoms with Crippen LogP contribution in [0.2, 0.25) is 0 Å². The minimum absolute atomic E-state index is 0.0543. The Kier molecular flexibility index (Phi) is 3.21. The van der Waals surface area contributed by atoms with E-state index >= 15 is 0 Å². The first-order valence-corrected chi connectivity index (χ1v) is 4.14. The van der Waals surface area contributed by atoms with Gasteiger partial charge in [0.15, 0.2) is 5.78 Å². The van der Waals surface area contributed by atoms with Crippen LogP contribution in [-0.4, -0.2) is 5.78 Å². The number of carbonyl (C=O) groups excluding carboxylic acids is 1. The van der Waals surface area contributed by atoms with Crippen molar-refractivity contribution in [2.45, 2.75) is 6.92 Å². The zero-order valence-corrected chi connectivity index (χ0v) is 7.66. The van der Waals surface area contributed by atoms with E-state index in [0.29, 0.717) is 0 Å². The van der Waals surface area contributed by atoms with Gasteiger partial charge in [-0.25, -0.2) is 0 Å². The Morgan fingerprint density at radius 3 is 2.46 bits per heavy atom. The summed E-state index contributed by atoms with van der Waals surface area (Å²) in [6.45, 7) is 5.33. The molecule has 1 aromatic carbocycles. The van der Waals surface area contributed by atoms with Crippen LogP contribution < -0.4 is 0 Å². The molecule has 1 rings (SSSR count). The van der Waals surface area contributed by atoms with Gasteiger partial charge in [-0.2, -0.15) is 0 Å². The summed E-state index contributed by atoms with van der Waals surface area (Å²) < 4.78 is 0. The van der Waals surface area contributed by atoms with E-state index in [2.05, 4.69) is 6.58 Å². The van der Waals surface area contributed by atoms with Gasteiger partial charge in [0.25, 0.3) is 0 Å². The fraction of sp³-hybridized carbons (Fsp3) is 0.0833. The Balaban J connectivity index is 2.91. The zero-order valence-electron chi connectivity index (χ0n) is 7.66. The van der Waals surface area contributed by atoms with Crippen molar-refractivity contribution < 1.29 is 4.79 Å². The van der Waals surface area contributed by atoms with E-state index in [1.165, 1.54) is 6.08 Å². The Morgan fingerprint density at radius 2 is 1.92 bits per heavy atom. The van der Waals surface area contributed by atoms with Crippen molar-refractivity contribution in [2.24, 2.45) is 0 Å². The van der Waals surface area contributed by atoms with E-state index in [9.17, 15) is 4.79 Å². The fourth-order valence-corrected chi connectivity index (χ4v) is 1.06. The smallest absolute Gasteiger partial charge is 0.178 e. The van der Waals surface area contributed by atoms with Crippen LogP contribution in [-0.2, 0) is 4.79 Å². The molecule has 0 radical (unpaired) electrons. The van der Waals surface area contributed by atoms with Crippen molar-refractivity contribution in [3.63, 3.8) is 0 Å². The van der Waals surface area contributed by atoms with Crippen molar-refractivity contribution in [1.29, 1.82) is 0 Å². The van der Waals surface area contributed by atoms with Crippen LogP contribution in [0.3, 0.4) is 0 Å². The summed E-state index contributed by atoms with van der Waals surface area (Å²) in [5.41, 5.74) is 2.03. The molecule has 1 nitrogen and oxygen atoms in total. The lowest BCUT2D eigenvalue weighted by Crippen LogP contribution is -1.87. The van der Waals surface area contributed by atoms with E-state index in [1.807, 2.05) is 37.3 Å².